The van der Waals surface area contributed by atoms with E-state index in [1.165, 1.54) is 18.2 Å². The number of benzene rings is 1. The molecule has 3 aromatic heterocycles. The Balaban J connectivity index is 1.48. The molecule has 0 unspecified atom stereocenters. The van der Waals surface area contributed by atoms with Gasteiger partial charge in [-0.3, -0.25) is 0 Å². The number of rotatable bonds is 5. The minimum absolute atomic E-state index is 0.0187. The van der Waals surface area contributed by atoms with Crippen molar-refractivity contribution in [2.24, 2.45) is 5.41 Å². The zero-order chi connectivity index (χ0) is 24.4. The number of nitrogens with zero attached hydrogens (tertiary/aromatic N) is 6. The number of aliphatic hydroxyl groups is 1. The fraction of sp³-hybridized carbons (Fsp3) is 0.346. The van der Waals surface area contributed by atoms with Gasteiger partial charge in [-0.25, -0.2) is 23.4 Å². The van der Waals surface area contributed by atoms with Gasteiger partial charge in [-0.15, -0.1) is 5.10 Å². The molecule has 4 aromatic rings. The van der Waals surface area contributed by atoms with E-state index in [1.807, 2.05) is 12.1 Å². The van der Waals surface area contributed by atoms with Crippen molar-refractivity contribution in [1.82, 2.24) is 29.9 Å². The van der Waals surface area contributed by atoms with Crippen LogP contribution in [0.2, 0.25) is 0 Å². The van der Waals surface area contributed by atoms with E-state index in [4.69, 9.17) is 4.98 Å². The second-order valence-corrected chi connectivity index (χ2v) is 9.82. The number of hydrogen-bond acceptors (Lipinski definition) is 6. The summed E-state index contributed by atoms with van der Waals surface area (Å²) >= 11 is 0. The molecule has 0 aliphatic heterocycles. The van der Waals surface area contributed by atoms with Crippen LogP contribution in [-0.4, -0.2) is 41.7 Å². The maximum Gasteiger partial charge on any atom is 0.250 e. The second kappa shape index (κ2) is 7.71. The first-order chi connectivity index (χ1) is 16.9. The lowest BCUT2D eigenvalue weighted by molar-refractivity contribution is 0.242. The van der Waals surface area contributed by atoms with Crippen molar-refractivity contribution in [3.63, 3.8) is 0 Å². The van der Waals surface area contributed by atoms with Crippen molar-refractivity contribution in [1.29, 1.82) is 0 Å². The van der Waals surface area contributed by atoms with Gasteiger partial charge in [0.25, 0.3) is 5.95 Å². The monoisotopic (exact) mass is 474 g/mol. The number of aliphatic hydroxyl groups excluding tert-OH is 1. The first-order valence-corrected chi connectivity index (χ1v) is 11.7. The van der Waals surface area contributed by atoms with E-state index in [-0.39, 0.29) is 29.2 Å². The average Bonchev–Trinajstić information content (AvgIpc) is 3.47. The van der Waals surface area contributed by atoms with E-state index in [0.717, 1.165) is 35.5 Å². The fourth-order valence-electron chi connectivity index (χ4n) is 6.17. The van der Waals surface area contributed by atoms with E-state index >= 15 is 0 Å². The molecule has 0 amide bonds. The molecule has 35 heavy (non-hydrogen) atoms. The van der Waals surface area contributed by atoms with Crippen molar-refractivity contribution in [3.8, 4) is 17.2 Å². The lowest BCUT2D eigenvalue weighted by Gasteiger charge is -2.37. The highest BCUT2D eigenvalue weighted by Crippen LogP contribution is 2.69. The van der Waals surface area contributed by atoms with Gasteiger partial charge in [0.05, 0.1) is 33.8 Å². The molecule has 1 N–H and O–H groups in total. The molecule has 0 saturated heterocycles. The first-order valence-electron chi connectivity index (χ1n) is 11.7. The van der Waals surface area contributed by atoms with Gasteiger partial charge in [0, 0.05) is 25.4 Å². The molecule has 6 rings (SSSR count). The molecule has 7 nitrogen and oxygen atoms in total. The fourth-order valence-corrected chi connectivity index (χ4v) is 6.17. The van der Waals surface area contributed by atoms with Gasteiger partial charge in [-0.2, -0.15) is 10.2 Å². The zero-order valence-electron chi connectivity index (χ0n) is 19.4. The van der Waals surface area contributed by atoms with E-state index in [2.05, 4.69) is 34.1 Å². The molecule has 3 heterocycles. The Morgan fingerprint density at radius 1 is 1.11 bits per heavy atom. The summed E-state index contributed by atoms with van der Waals surface area (Å²) in [5.41, 5.74) is 2.66. The summed E-state index contributed by atoms with van der Waals surface area (Å²) in [6, 6.07) is 9.35. The van der Waals surface area contributed by atoms with Crippen molar-refractivity contribution in [3.05, 3.63) is 83.1 Å². The zero-order valence-corrected chi connectivity index (χ0v) is 19.4. The minimum atomic E-state index is -0.656. The Kier molecular flexibility index (Phi) is 4.83. The molecular weight excluding hydrogens is 450 g/mol. The molecule has 9 heteroatoms. The van der Waals surface area contributed by atoms with Crippen LogP contribution in [0.15, 0.2) is 48.8 Å². The van der Waals surface area contributed by atoms with Crippen LogP contribution in [0.3, 0.4) is 0 Å². The van der Waals surface area contributed by atoms with Crippen molar-refractivity contribution < 1.29 is 13.9 Å². The van der Waals surface area contributed by atoms with Crippen LogP contribution < -0.4 is 0 Å². The molecule has 2 aliphatic rings. The predicted molar refractivity (Wildman–Crippen MR) is 124 cm³/mol. The molecule has 1 saturated carbocycles. The van der Waals surface area contributed by atoms with Crippen LogP contribution in [0.5, 0.6) is 0 Å². The molecular formula is C26H24F2N6O. The highest BCUT2D eigenvalue weighted by atomic mass is 19.1. The normalized spacial score (nSPS) is 21.9. The lowest BCUT2D eigenvalue weighted by Crippen LogP contribution is -2.38. The van der Waals surface area contributed by atoms with Gasteiger partial charge < -0.3 is 5.11 Å². The largest absolute Gasteiger partial charge is 0.396 e. The standard InChI is InChI=1S/C26H24F2N6O/c1-25(2)17-6-10-26(25,21-7-11-29-24(30-21)34-12-8-15(33-34)9-13-35)23-16(17)14-20(31-32-23)22-18(27)4-3-5-19(22)28/h3-5,7-8,11-12,14,17,35H,6,9-10,13H2,1-2H3/t17-,26+/m0/s1. The molecule has 1 aromatic carbocycles. The van der Waals surface area contributed by atoms with Crippen molar-refractivity contribution in [2.75, 3.05) is 6.61 Å². The maximum atomic E-state index is 14.5. The minimum Gasteiger partial charge on any atom is -0.396 e. The smallest absolute Gasteiger partial charge is 0.250 e. The first kappa shape index (κ1) is 21.9. The molecule has 0 spiro atoms. The van der Waals surface area contributed by atoms with Gasteiger partial charge in [0.15, 0.2) is 0 Å². The molecule has 0 radical (unpaired) electrons. The molecule has 1 fully saturated rings. The summed E-state index contributed by atoms with van der Waals surface area (Å²) in [4.78, 5) is 9.33. The Morgan fingerprint density at radius 2 is 1.91 bits per heavy atom. The van der Waals surface area contributed by atoms with Gasteiger partial charge in [-0.1, -0.05) is 19.9 Å². The van der Waals surface area contributed by atoms with E-state index < -0.39 is 17.0 Å². The third kappa shape index (κ3) is 3.00. The van der Waals surface area contributed by atoms with Gasteiger partial charge in [0.1, 0.15) is 11.6 Å². The number of fused-ring (bicyclic) bond motifs is 5. The highest BCUT2D eigenvalue weighted by molar-refractivity contribution is 5.64. The average molecular weight is 475 g/mol. The summed E-state index contributed by atoms with van der Waals surface area (Å²) in [7, 11) is 0. The van der Waals surface area contributed by atoms with Gasteiger partial charge >= 0.3 is 0 Å². The van der Waals surface area contributed by atoms with Crippen LogP contribution in [0.25, 0.3) is 17.2 Å². The van der Waals surface area contributed by atoms with Crippen LogP contribution in [-0.2, 0) is 11.8 Å². The van der Waals surface area contributed by atoms with Crippen LogP contribution >= 0.6 is 0 Å². The summed E-state index contributed by atoms with van der Waals surface area (Å²) in [5, 5.41) is 22.5. The Labute approximate surface area is 200 Å². The Hall–Kier alpha value is -3.59. The van der Waals surface area contributed by atoms with Gasteiger partial charge in [-0.05, 0) is 60.1 Å². The SMILES string of the molecule is CC1(C)[C@H]2CC[C@@]1(c1ccnc(-n3ccc(CCO)n3)n1)c1nnc(-c3c(F)cccc3F)cc12. The summed E-state index contributed by atoms with van der Waals surface area (Å²) < 4.78 is 30.6. The molecule has 2 atom stereocenters. The highest BCUT2D eigenvalue weighted by Gasteiger charge is 2.65. The van der Waals surface area contributed by atoms with E-state index in [0.29, 0.717) is 12.4 Å². The van der Waals surface area contributed by atoms with Crippen LogP contribution in [0.4, 0.5) is 8.78 Å². The van der Waals surface area contributed by atoms with Crippen LogP contribution in [0.1, 0.15) is 55.3 Å². The topological polar surface area (TPSA) is 89.6 Å². The van der Waals surface area contributed by atoms with Crippen molar-refractivity contribution >= 4 is 0 Å². The molecule has 2 aliphatic carbocycles. The number of halogens is 2. The summed E-state index contributed by atoms with van der Waals surface area (Å²) in [6.07, 6.45) is 5.71. The van der Waals surface area contributed by atoms with Crippen LogP contribution in [0, 0.1) is 17.0 Å². The van der Waals surface area contributed by atoms with Gasteiger partial charge in [0.2, 0.25) is 0 Å². The number of aromatic nitrogens is 6. The van der Waals surface area contributed by atoms with Crippen molar-refractivity contribution in [2.45, 2.75) is 44.4 Å². The molecule has 2 bridgehead atoms. The summed E-state index contributed by atoms with van der Waals surface area (Å²) in [6.45, 7) is 4.42. The lowest BCUT2D eigenvalue weighted by atomic mass is 9.66. The van der Waals surface area contributed by atoms with E-state index in [9.17, 15) is 13.9 Å². The Bertz CT molecular complexity index is 1430. The third-order valence-corrected chi connectivity index (χ3v) is 7.90. The third-order valence-electron chi connectivity index (χ3n) is 7.90. The second-order valence-electron chi connectivity index (χ2n) is 9.82. The Morgan fingerprint density at radius 3 is 2.69 bits per heavy atom. The van der Waals surface area contributed by atoms with E-state index in [1.54, 1.807) is 23.1 Å². The maximum absolute atomic E-state index is 14.5. The quantitative estimate of drug-likeness (QED) is 0.468. The molecule has 178 valence electrons. The number of hydrogen-bond donors (Lipinski definition) is 1. The summed E-state index contributed by atoms with van der Waals surface area (Å²) in [5.74, 6) is -0.721. The predicted octanol–water partition coefficient (Wildman–Crippen LogP) is 4.14.